The van der Waals surface area contributed by atoms with Gasteiger partial charge < -0.3 is 10.2 Å². The molecule has 1 atom stereocenters. The Morgan fingerprint density at radius 2 is 2.00 bits per heavy atom. The second kappa shape index (κ2) is 8.20. The van der Waals surface area contributed by atoms with Gasteiger partial charge in [-0.05, 0) is 38.8 Å². The number of pyridine rings is 1. The normalized spacial score (nSPS) is 12.8. The van der Waals surface area contributed by atoms with Crippen molar-refractivity contribution in [1.29, 1.82) is 0 Å². The average Bonchev–Trinajstić information content (AvgIpc) is 2.42. The molecule has 1 N–H and O–H groups in total. The standard InChI is InChI=1S/C16H28FN3/c1-6-13(5)20(7-2)16-15(17)14(8-9-19-16)11-18-10-12(3)4/h8-9,12-13,18H,6-7,10-11H2,1-5H3. The largest absolute Gasteiger partial charge is 0.352 e. The summed E-state index contributed by atoms with van der Waals surface area (Å²) in [5.74, 6) is 0.850. The zero-order valence-corrected chi connectivity index (χ0v) is 13.4. The summed E-state index contributed by atoms with van der Waals surface area (Å²) in [7, 11) is 0. The smallest absolute Gasteiger partial charge is 0.170 e. The van der Waals surface area contributed by atoms with Gasteiger partial charge in [-0.1, -0.05) is 20.8 Å². The summed E-state index contributed by atoms with van der Waals surface area (Å²) in [6.07, 6.45) is 2.68. The summed E-state index contributed by atoms with van der Waals surface area (Å²) in [4.78, 5) is 6.27. The quantitative estimate of drug-likeness (QED) is 0.789. The van der Waals surface area contributed by atoms with E-state index in [1.165, 1.54) is 0 Å². The summed E-state index contributed by atoms with van der Waals surface area (Å²) in [5.41, 5.74) is 0.692. The van der Waals surface area contributed by atoms with Gasteiger partial charge in [-0.2, -0.15) is 0 Å². The molecular formula is C16H28FN3. The Balaban J connectivity index is 2.88. The van der Waals surface area contributed by atoms with Gasteiger partial charge in [0.05, 0.1) is 0 Å². The van der Waals surface area contributed by atoms with Crippen LogP contribution >= 0.6 is 0 Å². The van der Waals surface area contributed by atoms with Crippen molar-refractivity contribution in [2.75, 3.05) is 18.0 Å². The fourth-order valence-electron chi connectivity index (χ4n) is 2.19. The van der Waals surface area contributed by atoms with Crippen LogP contribution < -0.4 is 10.2 Å². The minimum absolute atomic E-state index is 0.189. The van der Waals surface area contributed by atoms with Gasteiger partial charge in [0.1, 0.15) is 0 Å². The lowest BCUT2D eigenvalue weighted by molar-refractivity contribution is 0.526. The summed E-state index contributed by atoms with van der Waals surface area (Å²) in [5, 5.41) is 3.28. The molecule has 0 fully saturated rings. The molecule has 0 bridgehead atoms. The SMILES string of the molecule is CCC(C)N(CC)c1nccc(CNCC(C)C)c1F. The fourth-order valence-corrected chi connectivity index (χ4v) is 2.19. The third kappa shape index (κ3) is 4.44. The number of anilines is 1. The summed E-state index contributed by atoms with van der Waals surface area (Å²) in [6, 6.07) is 2.05. The lowest BCUT2D eigenvalue weighted by Crippen LogP contribution is -2.34. The first kappa shape index (κ1) is 16.9. The molecule has 0 aliphatic heterocycles. The maximum absolute atomic E-state index is 14.6. The monoisotopic (exact) mass is 281 g/mol. The summed E-state index contributed by atoms with van der Waals surface area (Å²) in [6.45, 7) is 12.7. The van der Waals surface area contributed by atoms with Crippen LogP contribution in [0.5, 0.6) is 0 Å². The van der Waals surface area contributed by atoms with Crippen molar-refractivity contribution < 1.29 is 4.39 Å². The molecule has 4 heteroatoms. The molecular weight excluding hydrogens is 253 g/mol. The number of rotatable bonds is 8. The molecule has 1 aromatic rings. The molecule has 1 heterocycles. The molecule has 1 unspecified atom stereocenters. The maximum atomic E-state index is 14.6. The van der Waals surface area contributed by atoms with Crippen LogP contribution in [0.4, 0.5) is 10.2 Å². The Bertz CT molecular complexity index is 407. The summed E-state index contributed by atoms with van der Waals surface area (Å²) < 4.78 is 14.6. The highest BCUT2D eigenvalue weighted by molar-refractivity contribution is 5.44. The molecule has 0 spiro atoms. The van der Waals surface area contributed by atoms with Crippen molar-refractivity contribution >= 4 is 5.82 Å². The lowest BCUT2D eigenvalue weighted by Gasteiger charge is -2.29. The Kier molecular flexibility index (Phi) is 6.93. The van der Waals surface area contributed by atoms with E-state index in [2.05, 4.69) is 38.0 Å². The first-order valence-corrected chi connectivity index (χ1v) is 7.61. The Labute approximate surface area is 122 Å². The van der Waals surface area contributed by atoms with E-state index in [-0.39, 0.29) is 5.82 Å². The maximum Gasteiger partial charge on any atom is 0.170 e. The third-order valence-corrected chi connectivity index (χ3v) is 3.55. The van der Waals surface area contributed by atoms with Crippen LogP contribution in [-0.2, 0) is 6.54 Å². The average molecular weight is 281 g/mol. The molecule has 0 saturated carbocycles. The molecule has 0 aliphatic carbocycles. The number of hydrogen-bond donors (Lipinski definition) is 1. The number of aromatic nitrogens is 1. The van der Waals surface area contributed by atoms with Gasteiger partial charge in [0.2, 0.25) is 0 Å². The number of hydrogen-bond acceptors (Lipinski definition) is 3. The van der Waals surface area contributed by atoms with Crippen molar-refractivity contribution in [3.63, 3.8) is 0 Å². The van der Waals surface area contributed by atoms with E-state index in [0.29, 0.717) is 29.9 Å². The number of nitrogens with one attached hydrogen (secondary N) is 1. The highest BCUT2D eigenvalue weighted by Gasteiger charge is 2.18. The first-order chi connectivity index (χ1) is 9.51. The molecule has 0 aromatic carbocycles. The second-order valence-corrected chi connectivity index (χ2v) is 5.68. The van der Waals surface area contributed by atoms with Crippen LogP contribution in [0.2, 0.25) is 0 Å². The van der Waals surface area contributed by atoms with Crippen molar-refractivity contribution in [2.45, 2.75) is 53.6 Å². The van der Waals surface area contributed by atoms with Crippen LogP contribution in [0.25, 0.3) is 0 Å². The molecule has 3 nitrogen and oxygen atoms in total. The molecule has 0 aliphatic rings. The van der Waals surface area contributed by atoms with E-state index < -0.39 is 0 Å². The minimum Gasteiger partial charge on any atom is -0.352 e. The zero-order valence-electron chi connectivity index (χ0n) is 13.4. The predicted molar refractivity (Wildman–Crippen MR) is 83.5 cm³/mol. The van der Waals surface area contributed by atoms with E-state index in [1.54, 1.807) is 12.3 Å². The summed E-state index contributed by atoms with van der Waals surface area (Å²) >= 11 is 0. The van der Waals surface area contributed by atoms with Crippen LogP contribution in [0.3, 0.4) is 0 Å². The number of halogens is 1. The van der Waals surface area contributed by atoms with Gasteiger partial charge in [-0.3, -0.25) is 0 Å². The van der Waals surface area contributed by atoms with Crippen LogP contribution in [0.1, 0.15) is 46.6 Å². The molecule has 1 rings (SSSR count). The van der Waals surface area contributed by atoms with Gasteiger partial charge in [-0.25, -0.2) is 9.37 Å². The molecule has 0 radical (unpaired) electrons. The molecule has 20 heavy (non-hydrogen) atoms. The van der Waals surface area contributed by atoms with Gasteiger partial charge in [0, 0.05) is 30.9 Å². The van der Waals surface area contributed by atoms with E-state index in [9.17, 15) is 4.39 Å². The van der Waals surface area contributed by atoms with Crippen LogP contribution in [0.15, 0.2) is 12.3 Å². The Morgan fingerprint density at radius 1 is 1.30 bits per heavy atom. The van der Waals surface area contributed by atoms with Gasteiger partial charge in [0.15, 0.2) is 11.6 Å². The van der Waals surface area contributed by atoms with Crippen molar-refractivity contribution in [3.8, 4) is 0 Å². The fraction of sp³-hybridized carbons (Fsp3) is 0.688. The van der Waals surface area contributed by atoms with Gasteiger partial charge in [0.25, 0.3) is 0 Å². The number of nitrogens with zero attached hydrogens (tertiary/aromatic N) is 2. The highest BCUT2D eigenvalue weighted by Crippen LogP contribution is 2.22. The van der Waals surface area contributed by atoms with Gasteiger partial charge >= 0.3 is 0 Å². The van der Waals surface area contributed by atoms with E-state index >= 15 is 0 Å². The molecule has 0 saturated heterocycles. The van der Waals surface area contributed by atoms with Crippen molar-refractivity contribution in [3.05, 3.63) is 23.6 Å². The molecule has 114 valence electrons. The van der Waals surface area contributed by atoms with E-state index in [1.807, 2.05) is 11.8 Å². The van der Waals surface area contributed by atoms with Crippen molar-refractivity contribution in [2.24, 2.45) is 5.92 Å². The van der Waals surface area contributed by atoms with Gasteiger partial charge in [-0.15, -0.1) is 0 Å². The Hall–Kier alpha value is -1.16. The topological polar surface area (TPSA) is 28.2 Å². The first-order valence-electron chi connectivity index (χ1n) is 7.61. The highest BCUT2D eigenvalue weighted by atomic mass is 19.1. The Morgan fingerprint density at radius 3 is 2.55 bits per heavy atom. The third-order valence-electron chi connectivity index (χ3n) is 3.55. The predicted octanol–water partition coefficient (Wildman–Crippen LogP) is 3.59. The van der Waals surface area contributed by atoms with E-state index in [4.69, 9.17) is 0 Å². The molecule has 0 amide bonds. The molecule has 1 aromatic heterocycles. The zero-order chi connectivity index (χ0) is 15.1. The van der Waals surface area contributed by atoms with Crippen molar-refractivity contribution in [1.82, 2.24) is 10.3 Å². The lowest BCUT2D eigenvalue weighted by atomic mass is 10.1. The minimum atomic E-state index is -0.189. The van der Waals surface area contributed by atoms with E-state index in [0.717, 1.165) is 19.5 Å². The van der Waals surface area contributed by atoms with Crippen LogP contribution in [-0.4, -0.2) is 24.1 Å². The second-order valence-electron chi connectivity index (χ2n) is 5.68. The van der Waals surface area contributed by atoms with Crippen LogP contribution in [0, 0.1) is 11.7 Å².